The SMILES string of the molecule is CCOc1ccc(CCC(=O)N[C@@H]2CC[C@H](C(=O)O)C2)cc1. The number of hydrogen-bond donors (Lipinski definition) is 2. The first kappa shape index (κ1) is 16.3. The number of carbonyl (C=O) groups excluding carboxylic acids is 1. The van der Waals surface area contributed by atoms with Crippen LogP contribution in [0, 0.1) is 5.92 Å². The Labute approximate surface area is 130 Å². The van der Waals surface area contributed by atoms with E-state index >= 15 is 0 Å². The molecule has 0 radical (unpaired) electrons. The van der Waals surface area contributed by atoms with Crippen LogP contribution in [-0.2, 0) is 16.0 Å². The van der Waals surface area contributed by atoms with Crippen molar-refractivity contribution in [1.29, 1.82) is 0 Å². The molecular weight excluding hydrogens is 282 g/mol. The van der Waals surface area contributed by atoms with Crippen molar-refractivity contribution in [3.63, 3.8) is 0 Å². The molecule has 1 aliphatic carbocycles. The number of amides is 1. The summed E-state index contributed by atoms with van der Waals surface area (Å²) in [5, 5.41) is 11.9. The van der Waals surface area contributed by atoms with Gasteiger partial charge in [-0.3, -0.25) is 9.59 Å². The molecule has 5 heteroatoms. The van der Waals surface area contributed by atoms with E-state index in [1.165, 1.54) is 0 Å². The molecule has 1 saturated carbocycles. The summed E-state index contributed by atoms with van der Waals surface area (Å²) < 4.78 is 5.38. The fraction of sp³-hybridized carbons (Fsp3) is 0.529. The van der Waals surface area contributed by atoms with Crippen LogP contribution in [0.15, 0.2) is 24.3 Å². The van der Waals surface area contributed by atoms with Gasteiger partial charge < -0.3 is 15.2 Å². The van der Waals surface area contributed by atoms with Crippen molar-refractivity contribution in [3.8, 4) is 5.75 Å². The normalized spacial score (nSPS) is 20.6. The lowest BCUT2D eigenvalue weighted by atomic mass is 10.1. The highest BCUT2D eigenvalue weighted by molar-refractivity contribution is 5.77. The van der Waals surface area contributed by atoms with Crippen molar-refractivity contribution < 1.29 is 19.4 Å². The Bertz CT molecular complexity index is 512. The van der Waals surface area contributed by atoms with Crippen LogP contribution in [0.5, 0.6) is 5.75 Å². The first-order chi connectivity index (χ1) is 10.6. The molecule has 1 aromatic carbocycles. The fourth-order valence-corrected chi connectivity index (χ4v) is 2.81. The van der Waals surface area contributed by atoms with Crippen LogP contribution in [0.3, 0.4) is 0 Å². The lowest BCUT2D eigenvalue weighted by Gasteiger charge is -2.12. The van der Waals surface area contributed by atoms with Crippen LogP contribution in [0.25, 0.3) is 0 Å². The number of hydrogen-bond acceptors (Lipinski definition) is 3. The zero-order chi connectivity index (χ0) is 15.9. The summed E-state index contributed by atoms with van der Waals surface area (Å²) >= 11 is 0. The highest BCUT2D eigenvalue weighted by Gasteiger charge is 2.30. The molecule has 2 atom stereocenters. The van der Waals surface area contributed by atoms with Crippen molar-refractivity contribution >= 4 is 11.9 Å². The standard InChI is InChI=1S/C17H23NO4/c1-2-22-15-8-3-12(4-9-15)5-10-16(19)18-14-7-6-13(11-14)17(20)21/h3-4,8-9,13-14H,2,5-7,10-11H2,1H3,(H,18,19)(H,20,21)/t13-,14+/m0/s1. The van der Waals surface area contributed by atoms with Gasteiger partial charge in [-0.1, -0.05) is 12.1 Å². The summed E-state index contributed by atoms with van der Waals surface area (Å²) in [5.74, 6) is -0.242. The molecule has 1 fully saturated rings. The van der Waals surface area contributed by atoms with E-state index in [0.29, 0.717) is 32.3 Å². The van der Waals surface area contributed by atoms with Gasteiger partial charge in [-0.25, -0.2) is 0 Å². The number of nitrogens with one attached hydrogen (secondary N) is 1. The van der Waals surface area contributed by atoms with Crippen molar-refractivity contribution in [1.82, 2.24) is 5.32 Å². The van der Waals surface area contributed by atoms with Gasteiger partial charge in [-0.15, -0.1) is 0 Å². The highest BCUT2D eigenvalue weighted by Crippen LogP contribution is 2.25. The molecule has 0 spiro atoms. The maximum Gasteiger partial charge on any atom is 0.306 e. The topological polar surface area (TPSA) is 75.6 Å². The van der Waals surface area contributed by atoms with Gasteiger partial charge in [0.15, 0.2) is 0 Å². The summed E-state index contributed by atoms with van der Waals surface area (Å²) in [5.41, 5.74) is 1.09. The maximum atomic E-state index is 11.9. The molecule has 120 valence electrons. The Morgan fingerprint density at radius 2 is 2.00 bits per heavy atom. The molecule has 1 amide bonds. The zero-order valence-electron chi connectivity index (χ0n) is 12.9. The second kappa shape index (κ2) is 7.82. The van der Waals surface area contributed by atoms with Crippen LogP contribution in [0.2, 0.25) is 0 Å². The first-order valence-electron chi connectivity index (χ1n) is 7.82. The first-order valence-corrected chi connectivity index (χ1v) is 7.82. The lowest BCUT2D eigenvalue weighted by molar-refractivity contribution is -0.141. The molecule has 2 N–H and O–H groups in total. The van der Waals surface area contributed by atoms with Crippen molar-refractivity contribution in [3.05, 3.63) is 29.8 Å². The van der Waals surface area contributed by atoms with Gasteiger partial charge in [0.1, 0.15) is 5.75 Å². The maximum absolute atomic E-state index is 11.9. The van der Waals surface area contributed by atoms with E-state index in [1.54, 1.807) is 0 Å². The molecule has 0 aromatic heterocycles. The van der Waals surface area contributed by atoms with E-state index in [-0.39, 0.29) is 17.9 Å². The number of aryl methyl sites for hydroxylation is 1. The average molecular weight is 305 g/mol. The van der Waals surface area contributed by atoms with Crippen LogP contribution in [0.1, 0.15) is 38.2 Å². The summed E-state index contributed by atoms with van der Waals surface area (Å²) in [6, 6.07) is 7.76. The van der Waals surface area contributed by atoms with Gasteiger partial charge in [0.25, 0.3) is 0 Å². The monoisotopic (exact) mass is 305 g/mol. The zero-order valence-corrected chi connectivity index (χ0v) is 12.9. The quantitative estimate of drug-likeness (QED) is 0.811. The minimum Gasteiger partial charge on any atom is -0.494 e. The molecule has 2 rings (SSSR count). The Morgan fingerprint density at radius 3 is 2.59 bits per heavy atom. The van der Waals surface area contributed by atoms with Crippen molar-refractivity contribution in [2.24, 2.45) is 5.92 Å². The Balaban J connectivity index is 1.72. The number of ether oxygens (including phenoxy) is 1. The van der Waals surface area contributed by atoms with Crippen molar-refractivity contribution in [2.75, 3.05) is 6.61 Å². The van der Waals surface area contributed by atoms with Gasteiger partial charge in [0.2, 0.25) is 5.91 Å². The molecular formula is C17H23NO4. The highest BCUT2D eigenvalue weighted by atomic mass is 16.5. The van der Waals surface area contributed by atoms with E-state index in [4.69, 9.17) is 9.84 Å². The second-order valence-corrected chi connectivity index (χ2v) is 5.69. The molecule has 1 aromatic rings. The predicted octanol–water partition coefficient (Wildman–Crippen LogP) is 2.39. The summed E-state index contributed by atoms with van der Waals surface area (Å²) in [6.07, 6.45) is 3.05. The molecule has 0 aliphatic heterocycles. The average Bonchev–Trinajstić information content (AvgIpc) is 2.95. The number of benzene rings is 1. The van der Waals surface area contributed by atoms with E-state index < -0.39 is 5.97 Å². The second-order valence-electron chi connectivity index (χ2n) is 5.69. The smallest absolute Gasteiger partial charge is 0.306 e. The van der Waals surface area contributed by atoms with Crippen LogP contribution < -0.4 is 10.1 Å². The minimum absolute atomic E-state index is 0.00827. The minimum atomic E-state index is -0.758. The molecule has 5 nitrogen and oxygen atoms in total. The lowest BCUT2D eigenvalue weighted by Crippen LogP contribution is -2.33. The van der Waals surface area contributed by atoms with Crippen molar-refractivity contribution in [2.45, 2.75) is 45.1 Å². The summed E-state index contributed by atoms with van der Waals surface area (Å²) in [6.45, 7) is 2.58. The third kappa shape index (κ3) is 4.76. The largest absolute Gasteiger partial charge is 0.494 e. The number of carboxylic acids is 1. The molecule has 0 bridgehead atoms. The Morgan fingerprint density at radius 1 is 1.27 bits per heavy atom. The van der Waals surface area contributed by atoms with E-state index in [0.717, 1.165) is 17.7 Å². The van der Waals surface area contributed by atoms with Crippen LogP contribution in [-0.4, -0.2) is 29.6 Å². The number of rotatable bonds is 7. The summed E-state index contributed by atoms with van der Waals surface area (Å²) in [4.78, 5) is 22.8. The van der Waals surface area contributed by atoms with Gasteiger partial charge in [-0.2, -0.15) is 0 Å². The van der Waals surface area contributed by atoms with Gasteiger partial charge in [-0.05, 0) is 50.3 Å². The van der Waals surface area contributed by atoms with E-state index in [1.807, 2.05) is 31.2 Å². The molecule has 1 aliphatic rings. The van der Waals surface area contributed by atoms with E-state index in [9.17, 15) is 9.59 Å². The van der Waals surface area contributed by atoms with Crippen LogP contribution >= 0.6 is 0 Å². The Kier molecular flexibility index (Phi) is 5.81. The fourth-order valence-electron chi connectivity index (χ4n) is 2.81. The van der Waals surface area contributed by atoms with E-state index in [2.05, 4.69) is 5.32 Å². The number of carboxylic acid groups (broad SMARTS) is 1. The molecule has 0 unspecified atom stereocenters. The van der Waals surface area contributed by atoms with Gasteiger partial charge in [0, 0.05) is 12.5 Å². The number of carbonyl (C=O) groups is 2. The number of aliphatic carboxylic acids is 1. The Hall–Kier alpha value is -2.04. The predicted molar refractivity (Wildman–Crippen MR) is 82.8 cm³/mol. The third-order valence-electron chi connectivity index (χ3n) is 4.02. The van der Waals surface area contributed by atoms with Gasteiger partial charge in [0.05, 0.1) is 12.5 Å². The summed E-state index contributed by atoms with van der Waals surface area (Å²) in [7, 11) is 0. The molecule has 22 heavy (non-hydrogen) atoms. The third-order valence-corrected chi connectivity index (χ3v) is 4.02. The molecule has 0 saturated heterocycles. The van der Waals surface area contributed by atoms with Crippen LogP contribution in [0.4, 0.5) is 0 Å². The molecule has 0 heterocycles. The van der Waals surface area contributed by atoms with Gasteiger partial charge >= 0.3 is 5.97 Å².